The number of rotatable bonds is 4. The first kappa shape index (κ1) is 18.1. The Morgan fingerprint density at radius 2 is 2.00 bits per heavy atom. The molecule has 1 aromatic rings. The molecule has 25 heavy (non-hydrogen) atoms. The molecule has 3 heterocycles. The molecule has 1 amide bonds. The number of likely N-dealkylation sites (tertiary alicyclic amines) is 1. The number of amides is 1. The van der Waals surface area contributed by atoms with E-state index in [9.17, 15) is 9.59 Å². The number of nitrogens with zero attached hydrogens (tertiary/aromatic N) is 4. The van der Waals surface area contributed by atoms with E-state index in [2.05, 4.69) is 10.00 Å². The van der Waals surface area contributed by atoms with Crippen molar-refractivity contribution in [1.82, 2.24) is 19.6 Å². The summed E-state index contributed by atoms with van der Waals surface area (Å²) in [6.07, 6.45) is 3.21. The Kier molecular flexibility index (Phi) is 5.86. The third kappa shape index (κ3) is 4.46. The van der Waals surface area contributed by atoms with Crippen LogP contribution in [-0.2, 0) is 16.1 Å². The molecule has 0 spiro atoms. The summed E-state index contributed by atoms with van der Waals surface area (Å²) in [6, 6.07) is 1.78. The average Bonchev–Trinajstić information content (AvgIpc) is 2.61. The van der Waals surface area contributed by atoms with E-state index in [1.807, 2.05) is 18.7 Å². The Bertz CT molecular complexity index is 667. The number of ether oxygens (including phenoxy) is 1. The van der Waals surface area contributed by atoms with Crippen molar-refractivity contribution in [3.63, 3.8) is 0 Å². The molecule has 3 rings (SSSR count). The number of morpholine rings is 1. The first-order valence-corrected chi connectivity index (χ1v) is 9.19. The van der Waals surface area contributed by atoms with Crippen molar-refractivity contribution in [3.8, 4) is 0 Å². The SMILES string of the molecule is Cc1cc(=O)n(CC(=O)N2CCCCC2CN2CCOCC2)nc1C. The monoisotopic (exact) mass is 348 g/mol. The summed E-state index contributed by atoms with van der Waals surface area (Å²) in [5, 5.41) is 4.28. The van der Waals surface area contributed by atoms with Gasteiger partial charge in [-0.3, -0.25) is 14.5 Å². The number of piperidine rings is 1. The van der Waals surface area contributed by atoms with Crippen LogP contribution >= 0.6 is 0 Å². The van der Waals surface area contributed by atoms with Crippen molar-refractivity contribution in [3.05, 3.63) is 27.7 Å². The topological polar surface area (TPSA) is 67.7 Å². The van der Waals surface area contributed by atoms with Gasteiger partial charge in [0.1, 0.15) is 6.54 Å². The van der Waals surface area contributed by atoms with Crippen LogP contribution in [-0.4, -0.2) is 70.9 Å². The van der Waals surface area contributed by atoms with Crippen LogP contribution in [0.1, 0.15) is 30.5 Å². The third-order valence-corrected chi connectivity index (χ3v) is 5.24. The van der Waals surface area contributed by atoms with Crippen LogP contribution in [0.15, 0.2) is 10.9 Å². The number of carbonyl (C=O) groups is 1. The quantitative estimate of drug-likeness (QED) is 0.796. The maximum atomic E-state index is 12.9. The molecule has 2 aliphatic rings. The maximum absolute atomic E-state index is 12.9. The molecule has 1 aromatic heterocycles. The molecule has 0 N–H and O–H groups in total. The molecule has 7 heteroatoms. The Morgan fingerprint density at radius 3 is 2.76 bits per heavy atom. The molecular formula is C18H28N4O3. The summed E-state index contributed by atoms with van der Waals surface area (Å²) >= 11 is 0. The summed E-state index contributed by atoms with van der Waals surface area (Å²) in [6.45, 7) is 8.80. The molecule has 0 radical (unpaired) electrons. The van der Waals surface area contributed by atoms with Gasteiger partial charge in [-0.25, -0.2) is 4.68 Å². The standard InChI is InChI=1S/C18H28N4O3/c1-14-11-17(23)22(19-15(14)2)13-18(24)21-6-4-3-5-16(21)12-20-7-9-25-10-8-20/h11,16H,3-10,12-13H2,1-2H3. The van der Waals surface area contributed by atoms with Gasteiger partial charge in [0, 0.05) is 38.3 Å². The van der Waals surface area contributed by atoms with E-state index in [4.69, 9.17) is 4.74 Å². The van der Waals surface area contributed by atoms with Crippen LogP contribution in [0.25, 0.3) is 0 Å². The van der Waals surface area contributed by atoms with Crippen molar-refractivity contribution in [2.45, 2.75) is 45.7 Å². The zero-order valence-corrected chi connectivity index (χ0v) is 15.2. The molecule has 2 fully saturated rings. The molecule has 1 atom stereocenters. The number of aromatic nitrogens is 2. The van der Waals surface area contributed by atoms with E-state index >= 15 is 0 Å². The lowest BCUT2D eigenvalue weighted by Crippen LogP contribution is -2.52. The minimum absolute atomic E-state index is 0.00388. The Hall–Kier alpha value is -1.73. The fraction of sp³-hybridized carbons (Fsp3) is 0.722. The largest absolute Gasteiger partial charge is 0.379 e. The number of hydrogen-bond donors (Lipinski definition) is 0. The average molecular weight is 348 g/mol. The molecule has 0 saturated carbocycles. The van der Waals surface area contributed by atoms with Gasteiger partial charge in [0.25, 0.3) is 5.56 Å². The first-order chi connectivity index (χ1) is 12.0. The lowest BCUT2D eigenvalue weighted by molar-refractivity contribution is -0.136. The Labute approximate surface area is 148 Å². The highest BCUT2D eigenvalue weighted by Gasteiger charge is 2.29. The molecule has 0 bridgehead atoms. The molecule has 1 unspecified atom stereocenters. The molecule has 2 aliphatic heterocycles. The van der Waals surface area contributed by atoms with Crippen LogP contribution in [0.2, 0.25) is 0 Å². The lowest BCUT2D eigenvalue weighted by Gasteiger charge is -2.39. The highest BCUT2D eigenvalue weighted by molar-refractivity contribution is 5.76. The lowest BCUT2D eigenvalue weighted by atomic mass is 10.0. The van der Waals surface area contributed by atoms with Crippen molar-refractivity contribution in [1.29, 1.82) is 0 Å². The van der Waals surface area contributed by atoms with Gasteiger partial charge >= 0.3 is 0 Å². The fourth-order valence-corrected chi connectivity index (χ4v) is 3.61. The fourth-order valence-electron chi connectivity index (χ4n) is 3.61. The van der Waals surface area contributed by atoms with Gasteiger partial charge in [-0.05, 0) is 38.7 Å². The molecule has 0 aliphatic carbocycles. The van der Waals surface area contributed by atoms with Crippen LogP contribution in [0, 0.1) is 13.8 Å². The second-order valence-corrected chi connectivity index (χ2v) is 7.06. The predicted octanol–water partition coefficient (Wildman–Crippen LogP) is 0.573. The van der Waals surface area contributed by atoms with Crippen LogP contribution in [0.3, 0.4) is 0 Å². The highest BCUT2D eigenvalue weighted by Crippen LogP contribution is 2.19. The van der Waals surface area contributed by atoms with Gasteiger partial charge in [-0.2, -0.15) is 5.10 Å². The molecule has 0 aromatic carbocycles. The second kappa shape index (κ2) is 8.10. The summed E-state index contributed by atoms with van der Waals surface area (Å²) in [4.78, 5) is 29.3. The smallest absolute Gasteiger partial charge is 0.267 e. The van der Waals surface area contributed by atoms with Crippen LogP contribution in [0.4, 0.5) is 0 Å². The molecule has 7 nitrogen and oxygen atoms in total. The highest BCUT2D eigenvalue weighted by atomic mass is 16.5. The van der Waals surface area contributed by atoms with Gasteiger partial charge in [0.2, 0.25) is 5.91 Å². The van der Waals surface area contributed by atoms with E-state index in [1.165, 1.54) is 4.68 Å². The number of carbonyl (C=O) groups excluding carboxylic acids is 1. The Balaban J connectivity index is 1.68. The summed E-state index contributed by atoms with van der Waals surface area (Å²) in [5.41, 5.74) is 1.44. The van der Waals surface area contributed by atoms with E-state index < -0.39 is 0 Å². The molecule has 2 saturated heterocycles. The van der Waals surface area contributed by atoms with E-state index in [0.717, 1.165) is 69.9 Å². The van der Waals surface area contributed by atoms with Gasteiger partial charge < -0.3 is 9.64 Å². The second-order valence-electron chi connectivity index (χ2n) is 7.06. The molecular weight excluding hydrogens is 320 g/mol. The summed E-state index contributed by atoms with van der Waals surface area (Å²) < 4.78 is 6.70. The number of aryl methyl sites for hydroxylation is 2. The van der Waals surface area contributed by atoms with E-state index in [0.29, 0.717) is 0 Å². The summed E-state index contributed by atoms with van der Waals surface area (Å²) in [5.74, 6) is -0.00388. The summed E-state index contributed by atoms with van der Waals surface area (Å²) in [7, 11) is 0. The first-order valence-electron chi connectivity index (χ1n) is 9.19. The Morgan fingerprint density at radius 1 is 1.24 bits per heavy atom. The van der Waals surface area contributed by atoms with Gasteiger partial charge in [0.15, 0.2) is 0 Å². The van der Waals surface area contributed by atoms with Crippen molar-refractivity contribution < 1.29 is 9.53 Å². The third-order valence-electron chi connectivity index (χ3n) is 5.24. The zero-order chi connectivity index (χ0) is 17.8. The van der Waals surface area contributed by atoms with Crippen molar-refractivity contribution >= 4 is 5.91 Å². The minimum Gasteiger partial charge on any atom is -0.379 e. The van der Waals surface area contributed by atoms with Crippen molar-refractivity contribution in [2.24, 2.45) is 0 Å². The van der Waals surface area contributed by atoms with Gasteiger partial charge in [-0.1, -0.05) is 0 Å². The normalized spacial score (nSPS) is 22.2. The van der Waals surface area contributed by atoms with Gasteiger partial charge in [-0.15, -0.1) is 0 Å². The van der Waals surface area contributed by atoms with Crippen molar-refractivity contribution in [2.75, 3.05) is 39.4 Å². The van der Waals surface area contributed by atoms with Gasteiger partial charge in [0.05, 0.1) is 18.9 Å². The van der Waals surface area contributed by atoms with E-state index in [1.54, 1.807) is 6.07 Å². The molecule has 138 valence electrons. The van der Waals surface area contributed by atoms with Crippen LogP contribution < -0.4 is 5.56 Å². The number of hydrogen-bond acceptors (Lipinski definition) is 5. The van der Waals surface area contributed by atoms with Crippen LogP contribution in [0.5, 0.6) is 0 Å². The predicted molar refractivity (Wildman–Crippen MR) is 94.6 cm³/mol. The van der Waals surface area contributed by atoms with E-state index in [-0.39, 0.29) is 24.1 Å². The minimum atomic E-state index is -0.210. The maximum Gasteiger partial charge on any atom is 0.267 e. The zero-order valence-electron chi connectivity index (χ0n) is 15.2.